The zero-order valence-corrected chi connectivity index (χ0v) is 34.8. The number of likely N-dealkylation sites (tertiary alicyclic amines) is 1. The SMILES string of the molecule is C/C1=C\C=C\C(CO)C2(O)CC(OC(=O)N2)C(C)C2OC2(C)C(OC(=O)[C@H](C)N(C)C(=O)CCCN2C(=O)CC(C)C2=O)CC(=O)N(C)c2cc(cc(CO)c2Cl)C1. The van der Waals surface area contributed by atoms with Crippen LogP contribution in [0.15, 0.2) is 35.9 Å². The molecule has 1 aromatic carbocycles. The summed E-state index contributed by atoms with van der Waals surface area (Å²) in [7, 11) is 2.95. The average Bonchev–Trinajstić information content (AvgIpc) is 3.81. The predicted molar refractivity (Wildman–Crippen MR) is 210 cm³/mol. The number of allylic oxidation sites excluding steroid dienone is 3. The monoisotopic (exact) mass is 830 g/mol. The Balaban J connectivity index is 1.43. The summed E-state index contributed by atoms with van der Waals surface area (Å²) in [5.41, 5.74) is -0.927. The number of ether oxygens (including phenoxy) is 3. The van der Waals surface area contributed by atoms with Crippen LogP contribution in [0.3, 0.4) is 0 Å². The number of alkyl carbamates (subject to hydrolysis) is 1. The Morgan fingerprint density at radius 2 is 1.84 bits per heavy atom. The number of aliphatic hydroxyl groups is 3. The standard InChI is InChI=1S/C41H55ClN4O12/c1-22-10-8-11-28(21-48)41(55)19-30(56-39(54)43-41)24(3)36-40(5,58-36)31(18-33(50)45(7)29-17-26(14-22)16-27(20-47)35(29)42)57-38(53)25(4)44(6)32(49)12-9-13-46-34(51)15-23(2)37(46)52/h8,10-11,16-17,23-25,28,30-31,36,47-48,55H,9,12-15,18-21H2,1-7H3,(H,43,54)/b11-8+,22-10+/t23?,24?,25-,28?,30?,31?,36?,40?,41?/m0/s1. The molecule has 4 heterocycles. The summed E-state index contributed by atoms with van der Waals surface area (Å²) in [5.74, 6) is -4.27. The maximum atomic E-state index is 14.2. The minimum Gasteiger partial charge on any atom is -0.457 e. The van der Waals surface area contributed by atoms with Crippen molar-refractivity contribution in [1.29, 1.82) is 0 Å². The molecule has 0 aliphatic carbocycles. The van der Waals surface area contributed by atoms with Crippen molar-refractivity contribution in [1.82, 2.24) is 15.1 Å². The summed E-state index contributed by atoms with van der Waals surface area (Å²) in [6, 6.07) is 2.33. The Morgan fingerprint density at radius 3 is 2.48 bits per heavy atom. The molecule has 4 aliphatic rings. The topological polar surface area (TPSA) is 216 Å². The highest BCUT2D eigenvalue weighted by Crippen LogP contribution is 2.49. The summed E-state index contributed by atoms with van der Waals surface area (Å²) >= 11 is 6.72. The van der Waals surface area contributed by atoms with Crippen molar-refractivity contribution >= 4 is 53.0 Å². The number of carbonyl (C=O) groups is 6. The second-order valence-corrected chi connectivity index (χ2v) is 16.6. The summed E-state index contributed by atoms with van der Waals surface area (Å²) in [6.07, 6.45) is 1.39. The van der Waals surface area contributed by atoms with E-state index in [0.29, 0.717) is 17.7 Å². The zero-order valence-electron chi connectivity index (χ0n) is 34.0. The number of benzene rings is 1. The van der Waals surface area contributed by atoms with Crippen LogP contribution in [0.5, 0.6) is 0 Å². The van der Waals surface area contributed by atoms with E-state index < -0.39 is 96.9 Å². The smallest absolute Gasteiger partial charge is 0.409 e. The van der Waals surface area contributed by atoms with Crippen molar-refractivity contribution in [3.8, 4) is 0 Å². The van der Waals surface area contributed by atoms with Crippen LogP contribution in [0.1, 0.15) is 77.8 Å². The largest absolute Gasteiger partial charge is 0.457 e. The first-order valence-corrected chi connectivity index (χ1v) is 19.9. The number of aliphatic hydroxyl groups excluding tert-OH is 2. The number of fused-ring (bicyclic) bond motifs is 5. The van der Waals surface area contributed by atoms with Crippen LogP contribution >= 0.6 is 11.6 Å². The molecule has 4 N–H and O–H groups in total. The molecule has 8 unspecified atom stereocenters. The lowest BCUT2D eigenvalue weighted by Gasteiger charge is -2.42. The van der Waals surface area contributed by atoms with E-state index in [1.165, 1.54) is 30.8 Å². The zero-order chi connectivity index (χ0) is 42.9. The maximum Gasteiger partial charge on any atom is 0.409 e. The number of hydrogen-bond donors (Lipinski definition) is 4. The molecule has 5 amide bonds. The molecule has 0 aromatic heterocycles. The van der Waals surface area contributed by atoms with E-state index in [2.05, 4.69) is 5.32 Å². The maximum absolute atomic E-state index is 14.2. The highest BCUT2D eigenvalue weighted by atomic mass is 35.5. The molecule has 58 heavy (non-hydrogen) atoms. The Bertz CT molecular complexity index is 1870. The second kappa shape index (κ2) is 17.9. The van der Waals surface area contributed by atoms with Gasteiger partial charge >= 0.3 is 12.1 Å². The van der Waals surface area contributed by atoms with Crippen molar-refractivity contribution in [2.75, 3.05) is 32.1 Å². The van der Waals surface area contributed by atoms with Gasteiger partial charge in [0.1, 0.15) is 23.9 Å². The number of likely N-dealkylation sites (N-methyl/N-ethyl adjacent to an activating group) is 1. The lowest BCUT2D eigenvalue weighted by Crippen LogP contribution is -2.62. The third kappa shape index (κ3) is 9.41. The van der Waals surface area contributed by atoms with Gasteiger partial charge in [0, 0.05) is 57.7 Å². The molecule has 3 fully saturated rings. The quantitative estimate of drug-likeness (QED) is 0.161. The van der Waals surface area contributed by atoms with Crippen molar-refractivity contribution in [2.24, 2.45) is 17.8 Å². The van der Waals surface area contributed by atoms with Crippen LogP contribution in [0.2, 0.25) is 5.02 Å². The van der Waals surface area contributed by atoms with E-state index in [0.717, 1.165) is 16.0 Å². The van der Waals surface area contributed by atoms with Gasteiger partial charge in [-0.1, -0.05) is 55.3 Å². The van der Waals surface area contributed by atoms with Crippen LogP contribution in [0.25, 0.3) is 0 Å². The van der Waals surface area contributed by atoms with Gasteiger partial charge in [0.15, 0.2) is 5.72 Å². The molecular formula is C41H55ClN4O12. The molecule has 9 atom stereocenters. The van der Waals surface area contributed by atoms with E-state index in [1.54, 1.807) is 51.1 Å². The molecule has 1 aromatic rings. The number of amides is 5. The number of rotatable bonds is 9. The number of epoxide rings is 1. The minimum atomic E-state index is -1.90. The van der Waals surface area contributed by atoms with E-state index in [9.17, 15) is 44.1 Å². The minimum absolute atomic E-state index is 0.0497. The summed E-state index contributed by atoms with van der Waals surface area (Å²) < 4.78 is 17.9. The molecular weight excluding hydrogens is 776 g/mol. The van der Waals surface area contributed by atoms with Crippen LogP contribution < -0.4 is 10.2 Å². The first kappa shape index (κ1) is 44.7. The first-order chi connectivity index (χ1) is 27.2. The van der Waals surface area contributed by atoms with Crippen LogP contribution in [0, 0.1) is 17.8 Å². The number of imide groups is 1. The third-order valence-electron chi connectivity index (χ3n) is 12.0. The van der Waals surface area contributed by atoms with Gasteiger partial charge in [-0.15, -0.1) is 0 Å². The van der Waals surface area contributed by atoms with Gasteiger partial charge in [-0.2, -0.15) is 0 Å². The number of carbonyl (C=O) groups excluding carboxylic acids is 6. The Morgan fingerprint density at radius 1 is 1.14 bits per heavy atom. The molecule has 17 heteroatoms. The number of hydrogen-bond acceptors (Lipinski definition) is 12. The van der Waals surface area contributed by atoms with Gasteiger partial charge in [-0.05, 0) is 50.8 Å². The van der Waals surface area contributed by atoms with Gasteiger partial charge in [-0.25, -0.2) is 9.59 Å². The lowest BCUT2D eigenvalue weighted by atomic mass is 9.81. The average molecular weight is 831 g/mol. The van der Waals surface area contributed by atoms with E-state index in [1.807, 2.05) is 6.92 Å². The second-order valence-electron chi connectivity index (χ2n) is 16.2. The molecule has 318 valence electrons. The fourth-order valence-electron chi connectivity index (χ4n) is 7.95. The molecule has 0 radical (unpaired) electrons. The number of anilines is 1. The highest BCUT2D eigenvalue weighted by Gasteiger charge is 2.64. The van der Waals surface area contributed by atoms with Crippen molar-refractivity contribution < 1.29 is 58.3 Å². The van der Waals surface area contributed by atoms with Crippen molar-refractivity contribution in [3.05, 3.63) is 52.1 Å². The van der Waals surface area contributed by atoms with Gasteiger partial charge < -0.3 is 39.3 Å². The number of nitrogens with zero attached hydrogens (tertiary/aromatic N) is 3. The molecule has 0 saturated carbocycles. The van der Waals surface area contributed by atoms with Gasteiger partial charge in [0.2, 0.25) is 23.6 Å². The van der Waals surface area contributed by atoms with E-state index in [4.69, 9.17) is 25.8 Å². The first-order valence-electron chi connectivity index (χ1n) is 19.6. The molecule has 16 nitrogen and oxygen atoms in total. The fraction of sp³-hybridized carbons (Fsp3) is 0.610. The van der Waals surface area contributed by atoms with Gasteiger partial charge in [0.05, 0.1) is 36.4 Å². The molecule has 4 bridgehead atoms. The molecule has 3 saturated heterocycles. The third-order valence-corrected chi connectivity index (χ3v) is 12.4. The Labute approximate surface area is 343 Å². The van der Waals surface area contributed by atoms with Crippen LogP contribution in [-0.2, 0) is 51.2 Å². The van der Waals surface area contributed by atoms with Crippen LogP contribution in [0.4, 0.5) is 10.5 Å². The Kier molecular flexibility index (Phi) is 13.8. The number of esters is 1. The van der Waals surface area contributed by atoms with E-state index >= 15 is 0 Å². The molecule has 0 spiro atoms. The van der Waals surface area contributed by atoms with Crippen molar-refractivity contribution in [3.63, 3.8) is 0 Å². The number of halogens is 1. The number of nitrogens with one attached hydrogen (secondary N) is 1. The normalized spacial score (nSPS) is 32.4. The summed E-state index contributed by atoms with van der Waals surface area (Å²) in [6.45, 7) is 7.59. The van der Waals surface area contributed by atoms with Gasteiger partial charge in [-0.3, -0.25) is 29.4 Å². The lowest BCUT2D eigenvalue weighted by molar-refractivity contribution is -0.162. The van der Waals surface area contributed by atoms with Crippen LogP contribution in [-0.4, -0.2) is 124 Å². The molecule has 5 rings (SSSR count). The predicted octanol–water partition coefficient (Wildman–Crippen LogP) is 2.77. The highest BCUT2D eigenvalue weighted by molar-refractivity contribution is 6.34. The van der Waals surface area contributed by atoms with Crippen molar-refractivity contribution in [2.45, 2.75) is 115 Å². The molecule has 4 aliphatic heterocycles. The summed E-state index contributed by atoms with van der Waals surface area (Å²) in [5, 5.41) is 34.8. The Hall–Kier alpha value is -4.35. The van der Waals surface area contributed by atoms with Gasteiger partial charge in [0.25, 0.3) is 0 Å². The van der Waals surface area contributed by atoms with E-state index in [-0.39, 0.29) is 49.1 Å². The fourth-order valence-corrected chi connectivity index (χ4v) is 8.25. The summed E-state index contributed by atoms with van der Waals surface area (Å²) in [4.78, 5) is 82.3.